The Labute approximate surface area is 121 Å². The molecule has 2 heterocycles. The summed E-state index contributed by atoms with van der Waals surface area (Å²) in [4.78, 5) is 16.4. The molecule has 0 unspecified atom stereocenters. The van der Waals surface area contributed by atoms with Crippen molar-refractivity contribution in [2.45, 2.75) is 19.3 Å². The van der Waals surface area contributed by atoms with Crippen molar-refractivity contribution in [1.29, 1.82) is 0 Å². The Morgan fingerprint density at radius 2 is 2.14 bits per heavy atom. The zero-order valence-electron chi connectivity index (χ0n) is 10.8. The Balaban J connectivity index is 2.22. The van der Waals surface area contributed by atoms with Gasteiger partial charge in [0.2, 0.25) is 0 Å². The summed E-state index contributed by atoms with van der Waals surface area (Å²) in [7, 11) is 0. The standard InChI is InChI=1S/C12H11F4N3OS/c1-5-2-3-6-7(17)8(21-10(6)19-5)9(20)18-4-12(15,16)11(13)14/h2-3,11H,4,17H2,1H3,(H,18,20). The molecular formula is C12H11F4N3OS. The molecule has 114 valence electrons. The van der Waals surface area contributed by atoms with Crippen molar-refractivity contribution in [3.63, 3.8) is 0 Å². The second-order valence-corrected chi connectivity index (χ2v) is 5.39. The zero-order chi connectivity index (χ0) is 15.8. The smallest absolute Gasteiger partial charge is 0.324 e. The molecule has 0 aliphatic rings. The Hall–Kier alpha value is -1.90. The van der Waals surface area contributed by atoms with E-state index in [1.807, 2.05) is 0 Å². The summed E-state index contributed by atoms with van der Waals surface area (Å²) in [5, 5.41) is 2.30. The van der Waals surface area contributed by atoms with E-state index in [2.05, 4.69) is 4.98 Å². The van der Waals surface area contributed by atoms with Gasteiger partial charge in [-0.2, -0.15) is 8.78 Å². The number of pyridine rings is 1. The van der Waals surface area contributed by atoms with Crippen LogP contribution in [0.3, 0.4) is 0 Å². The minimum atomic E-state index is -4.28. The van der Waals surface area contributed by atoms with Crippen LogP contribution < -0.4 is 11.1 Å². The number of carbonyl (C=O) groups excluding carboxylic acids is 1. The number of nitrogens with zero attached hydrogens (tertiary/aromatic N) is 1. The maximum absolute atomic E-state index is 12.8. The lowest BCUT2D eigenvalue weighted by atomic mass is 10.2. The molecule has 9 heteroatoms. The third-order valence-corrected chi connectivity index (χ3v) is 3.86. The molecule has 1 amide bonds. The van der Waals surface area contributed by atoms with Crippen LogP contribution in [0.1, 0.15) is 15.4 Å². The molecule has 4 nitrogen and oxygen atoms in total. The highest BCUT2D eigenvalue weighted by molar-refractivity contribution is 7.21. The van der Waals surface area contributed by atoms with Crippen LogP contribution in [0.5, 0.6) is 0 Å². The van der Waals surface area contributed by atoms with E-state index < -0.39 is 24.8 Å². The fraction of sp³-hybridized carbons (Fsp3) is 0.333. The lowest BCUT2D eigenvalue weighted by Gasteiger charge is -2.15. The van der Waals surface area contributed by atoms with Crippen molar-refractivity contribution in [3.8, 4) is 0 Å². The molecule has 0 spiro atoms. The fourth-order valence-electron chi connectivity index (χ4n) is 1.61. The van der Waals surface area contributed by atoms with Crippen LogP contribution in [0.15, 0.2) is 12.1 Å². The van der Waals surface area contributed by atoms with E-state index in [0.717, 1.165) is 11.3 Å². The van der Waals surface area contributed by atoms with E-state index in [-0.39, 0.29) is 10.6 Å². The monoisotopic (exact) mass is 321 g/mol. The topological polar surface area (TPSA) is 68.0 Å². The van der Waals surface area contributed by atoms with Gasteiger partial charge in [0, 0.05) is 11.1 Å². The first-order valence-electron chi connectivity index (χ1n) is 5.82. The van der Waals surface area contributed by atoms with Crippen molar-refractivity contribution in [1.82, 2.24) is 10.3 Å². The predicted octanol–water partition coefficient (Wildman–Crippen LogP) is 2.82. The third-order valence-electron chi connectivity index (χ3n) is 2.74. The van der Waals surface area contributed by atoms with Crippen LogP contribution in [0.4, 0.5) is 23.2 Å². The van der Waals surface area contributed by atoms with Crippen LogP contribution in [-0.2, 0) is 0 Å². The predicted molar refractivity (Wildman–Crippen MR) is 72.1 cm³/mol. The first-order chi connectivity index (χ1) is 9.72. The number of aromatic nitrogens is 1. The van der Waals surface area contributed by atoms with Gasteiger partial charge in [0.05, 0.1) is 12.2 Å². The number of fused-ring (bicyclic) bond motifs is 1. The molecule has 0 bridgehead atoms. The van der Waals surface area contributed by atoms with Gasteiger partial charge in [-0.1, -0.05) is 0 Å². The van der Waals surface area contributed by atoms with Crippen LogP contribution in [0, 0.1) is 6.92 Å². The van der Waals surface area contributed by atoms with Crippen molar-refractivity contribution in [3.05, 3.63) is 22.7 Å². The number of halogens is 4. The second-order valence-electron chi connectivity index (χ2n) is 4.39. The highest BCUT2D eigenvalue weighted by atomic mass is 32.1. The van der Waals surface area contributed by atoms with Gasteiger partial charge in [0.1, 0.15) is 9.71 Å². The maximum Gasteiger partial charge on any atom is 0.324 e. The Bertz CT molecular complexity index is 686. The number of anilines is 1. The van der Waals surface area contributed by atoms with E-state index in [1.165, 1.54) is 0 Å². The molecule has 0 aliphatic carbocycles. The molecule has 2 aromatic rings. The van der Waals surface area contributed by atoms with Crippen LogP contribution in [0.25, 0.3) is 10.2 Å². The van der Waals surface area contributed by atoms with Gasteiger partial charge in [-0.15, -0.1) is 11.3 Å². The van der Waals surface area contributed by atoms with Crippen LogP contribution in [0.2, 0.25) is 0 Å². The number of hydrogen-bond acceptors (Lipinski definition) is 4. The number of nitrogen functional groups attached to an aromatic ring is 1. The van der Waals surface area contributed by atoms with Gasteiger partial charge in [0.15, 0.2) is 0 Å². The number of hydrogen-bond donors (Lipinski definition) is 2. The molecule has 21 heavy (non-hydrogen) atoms. The third kappa shape index (κ3) is 3.07. The molecule has 0 saturated carbocycles. The SMILES string of the molecule is Cc1ccc2c(N)c(C(=O)NCC(F)(F)C(F)F)sc2n1. The van der Waals surface area contributed by atoms with E-state index in [9.17, 15) is 22.4 Å². The number of alkyl halides is 4. The molecule has 0 radical (unpaired) electrons. The number of rotatable bonds is 4. The minimum Gasteiger partial charge on any atom is -0.397 e. The molecule has 0 aromatic carbocycles. The molecule has 0 saturated heterocycles. The summed E-state index contributed by atoms with van der Waals surface area (Å²) < 4.78 is 49.6. The number of nitrogens with two attached hydrogens (primary N) is 1. The average molecular weight is 321 g/mol. The summed E-state index contributed by atoms with van der Waals surface area (Å²) in [6.07, 6.45) is -3.85. The number of aryl methyl sites for hydroxylation is 1. The first-order valence-corrected chi connectivity index (χ1v) is 6.64. The molecule has 2 aromatic heterocycles. The highest BCUT2D eigenvalue weighted by Crippen LogP contribution is 2.32. The first kappa shape index (κ1) is 15.5. The van der Waals surface area contributed by atoms with Gasteiger partial charge in [-0.05, 0) is 19.1 Å². The number of nitrogens with one attached hydrogen (secondary N) is 1. The lowest BCUT2D eigenvalue weighted by molar-refractivity contribution is -0.123. The van der Waals surface area contributed by atoms with Crippen LogP contribution >= 0.6 is 11.3 Å². The molecule has 0 aliphatic heterocycles. The van der Waals surface area contributed by atoms with E-state index >= 15 is 0 Å². The summed E-state index contributed by atoms with van der Waals surface area (Å²) in [5.41, 5.74) is 6.57. The Kier molecular flexibility index (Phi) is 4.04. The van der Waals surface area contributed by atoms with Gasteiger partial charge < -0.3 is 11.1 Å². The summed E-state index contributed by atoms with van der Waals surface area (Å²) in [5.74, 6) is -5.20. The van der Waals surface area contributed by atoms with Crippen molar-refractivity contribution in [2.24, 2.45) is 0 Å². The van der Waals surface area contributed by atoms with Gasteiger partial charge in [0.25, 0.3) is 5.91 Å². The summed E-state index contributed by atoms with van der Waals surface area (Å²) >= 11 is 0.925. The van der Waals surface area contributed by atoms with Crippen molar-refractivity contribution < 1.29 is 22.4 Å². The van der Waals surface area contributed by atoms with Crippen LogP contribution in [-0.4, -0.2) is 29.8 Å². The summed E-state index contributed by atoms with van der Waals surface area (Å²) in [6.45, 7) is 0.294. The van der Waals surface area contributed by atoms with E-state index in [0.29, 0.717) is 15.9 Å². The van der Waals surface area contributed by atoms with Gasteiger partial charge in [-0.25, -0.2) is 13.8 Å². The number of amides is 1. The van der Waals surface area contributed by atoms with E-state index in [4.69, 9.17) is 5.73 Å². The van der Waals surface area contributed by atoms with Crippen molar-refractivity contribution >= 4 is 33.1 Å². The zero-order valence-corrected chi connectivity index (χ0v) is 11.6. The van der Waals surface area contributed by atoms with Gasteiger partial charge >= 0.3 is 12.3 Å². The molecule has 0 atom stereocenters. The van der Waals surface area contributed by atoms with Crippen molar-refractivity contribution in [2.75, 3.05) is 12.3 Å². The maximum atomic E-state index is 12.8. The second kappa shape index (κ2) is 5.47. The van der Waals surface area contributed by atoms with Gasteiger partial charge in [-0.3, -0.25) is 4.79 Å². The number of carbonyl (C=O) groups is 1. The Morgan fingerprint density at radius 1 is 1.48 bits per heavy atom. The fourth-order valence-corrected chi connectivity index (χ4v) is 2.67. The lowest BCUT2D eigenvalue weighted by Crippen LogP contribution is -2.41. The van der Waals surface area contributed by atoms with E-state index in [1.54, 1.807) is 24.4 Å². The number of thiophene rings is 1. The molecule has 3 N–H and O–H groups in total. The highest BCUT2D eigenvalue weighted by Gasteiger charge is 2.41. The summed E-state index contributed by atoms with van der Waals surface area (Å²) in [6, 6.07) is 3.35. The Morgan fingerprint density at radius 3 is 2.76 bits per heavy atom. The molecule has 2 rings (SSSR count). The largest absolute Gasteiger partial charge is 0.397 e. The normalized spacial score (nSPS) is 12.1. The molecule has 0 fully saturated rings. The average Bonchev–Trinajstić information content (AvgIpc) is 2.72. The quantitative estimate of drug-likeness (QED) is 0.851. The minimum absolute atomic E-state index is 0.0202. The molecular weight excluding hydrogens is 310 g/mol.